The van der Waals surface area contributed by atoms with Gasteiger partial charge in [0, 0.05) is 38.3 Å². The maximum atomic E-state index is 11.8. The van der Waals surface area contributed by atoms with E-state index in [0.717, 1.165) is 35.9 Å². The van der Waals surface area contributed by atoms with E-state index in [9.17, 15) is 4.79 Å². The molecule has 1 aliphatic rings. The van der Waals surface area contributed by atoms with E-state index in [1.54, 1.807) is 11.9 Å². The van der Waals surface area contributed by atoms with E-state index >= 15 is 0 Å². The minimum absolute atomic E-state index is 0. The number of nitrogens with one attached hydrogen (secondary N) is 2. The minimum atomic E-state index is -0.228. The third-order valence-electron chi connectivity index (χ3n) is 4.98. The molecule has 1 fully saturated rings. The van der Waals surface area contributed by atoms with Crippen LogP contribution in [0, 0.1) is 0 Å². The highest BCUT2D eigenvalue weighted by atomic mass is 127. The van der Waals surface area contributed by atoms with Crippen LogP contribution >= 0.6 is 24.0 Å². The van der Waals surface area contributed by atoms with Crippen LogP contribution in [0.1, 0.15) is 25.3 Å². The Morgan fingerprint density at radius 3 is 2.45 bits per heavy atom. The number of hydrogen-bond donors (Lipinski definition) is 2. The van der Waals surface area contributed by atoms with Gasteiger partial charge in [0.2, 0.25) is 0 Å². The van der Waals surface area contributed by atoms with Gasteiger partial charge in [-0.05, 0) is 38.0 Å². The van der Waals surface area contributed by atoms with Gasteiger partial charge in [0.1, 0.15) is 11.5 Å². The van der Waals surface area contributed by atoms with Crippen molar-refractivity contribution in [2.24, 2.45) is 4.99 Å². The van der Waals surface area contributed by atoms with Crippen LogP contribution < -0.4 is 15.4 Å². The number of likely N-dealkylation sites (tertiary alicyclic amines) is 1. The molecular weight excluding hydrogens is 507 g/mol. The lowest BCUT2D eigenvalue weighted by atomic mass is 10.1. The lowest BCUT2D eigenvalue weighted by Crippen LogP contribution is -2.49. The zero-order valence-electron chi connectivity index (χ0n) is 18.0. The molecule has 0 spiro atoms. The molecule has 0 aromatic heterocycles. The van der Waals surface area contributed by atoms with Crippen LogP contribution in [0.3, 0.4) is 0 Å². The SMILES string of the molecule is CCOC(=O)N1CCC(NC(=NC)NCc2ccccc2Oc2ccccc2)CC1.I. The van der Waals surface area contributed by atoms with Crippen molar-refractivity contribution in [3.63, 3.8) is 0 Å². The van der Waals surface area contributed by atoms with Gasteiger partial charge in [-0.3, -0.25) is 4.99 Å². The quantitative estimate of drug-likeness (QED) is 0.325. The average Bonchev–Trinajstić information content (AvgIpc) is 2.79. The number of ether oxygens (including phenoxy) is 2. The lowest BCUT2D eigenvalue weighted by Gasteiger charge is -2.32. The lowest BCUT2D eigenvalue weighted by molar-refractivity contribution is 0.0963. The molecule has 2 aromatic carbocycles. The number of rotatable bonds is 6. The molecule has 0 aliphatic carbocycles. The Kier molecular flexibility index (Phi) is 10.4. The number of halogens is 1. The molecule has 8 heteroatoms. The Bertz CT molecular complexity index is 840. The number of carbonyl (C=O) groups is 1. The van der Waals surface area contributed by atoms with Crippen molar-refractivity contribution in [3.05, 3.63) is 60.2 Å². The summed E-state index contributed by atoms with van der Waals surface area (Å²) < 4.78 is 11.1. The first kappa shape index (κ1) is 24.8. The molecule has 2 aromatic rings. The highest BCUT2D eigenvalue weighted by molar-refractivity contribution is 14.0. The molecule has 1 amide bonds. The Morgan fingerprint density at radius 1 is 1.10 bits per heavy atom. The van der Waals surface area contributed by atoms with Gasteiger partial charge in [-0.2, -0.15) is 0 Å². The molecule has 1 heterocycles. The number of piperidine rings is 1. The fourth-order valence-electron chi connectivity index (χ4n) is 3.35. The first-order valence-electron chi connectivity index (χ1n) is 10.4. The summed E-state index contributed by atoms with van der Waals surface area (Å²) in [7, 11) is 1.76. The molecule has 1 aliphatic heterocycles. The minimum Gasteiger partial charge on any atom is -0.457 e. The van der Waals surface area contributed by atoms with E-state index in [2.05, 4.69) is 15.6 Å². The summed E-state index contributed by atoms with van der Waals surface area (Å²) >= 11 is 0. The zero-order chi connectivity index (χ0) is 21.2. The van der Waals surface area contributed by atoms with Crippen LogP contribution in [0.4, 0.5) is 4.79 Å². The predicted molar refractivity (Wildman–Crippen MR) is 133 cm³/mol. The van der Waals surface area contributed by atoms with E-state index in [-0.39, 0.29) is 36.1 Å². The number of para-hydroxylation sites is 2. The molecule has 0 atom stereocenters. The van der Waals surface area contributed by atoms with Crippen LogP contribution in [0.15, 0.2) is 59.6 Å². The van der Waals surface area contributed by atoms with E-state index in [1.807, 2.05) is 61.5 Å². The molecule has 0 unspecified atom stereocenters. The van der Waals surface area contributed by atoms with Gasteiger partial charge < -0.3 is 25.0 Å². The van der Waals surface area contributed by atoms with E-state index in [4.69, 9.17) is 9.47 Å². The number of benzene rings is 2. The van der Waals surface area contributed by atoms with Crippen molar-refractivity contribution in [1.29, 1.82) is 0 Å². The maximum Gasteiger partial charge on any atom is 0.409 e. The molecule has 0 radical (unpaired) electrons. The van der Waals surface area contributed by atoms with Crippen molar-refractivity contribution in [3.8, 4) is 11.5 Å². The van der Waals surface area contributed by atoms with Gasteiger partial charge in [0.15, 0.2) is 5.96 Å². The molecule has 3 rings (SSSR count). The summed E-state index contributed by atoms with van der Waals surface area (Å²) in [5.74, 6) is 2.36. The van der Waals surface area contributed by atoms with Gasteiger partial charge in [0.25, 0.3) is 0 Å². The third kappa shape index (κ3) is 7.61. The predicted octanol–water partition coefficient (Wildman–Crippen LogP) is 4.38. The van der Waals surface area contributed by atoms with E-state index < -0.39 is 0 Å². The topological polar surface area (TPSA) is 75.2 Å². The van der Waals surface area contributed by atoms with Crippen molar-refractivity contribution < 1.29 is 14.3 Å². The molecule has 1 saturated heterocycles. The number of carbonyl (C=O) groups excluding carboxylic acids is 1. The Morgan fingerprint density at radius 2 is 1.77 bits per heavy atom. The summed E-state index contributed by atoms with van der Waals surface area (Å²) in [5, 5.41) is 6.82. The van der Waals surface area contributed by atoms with Gasteiger partial charge in [-0.1, -0.05) is 36.4 Å². The number of amides is 1. The molecule has 2 N–H and O–H groups in total. The molecule has 0 saturated carbocycles. The molecule has 168 valence electrons. The van der Waals surface area contributed by atoms with Gasteiger partial charge in [-0.25, -0.2) is 4.79 Å². The van der Waals surface area contributed by atoms with Crippen LogP contribution in [0.25, 0.3) is 0 Å². The number of guanidine groups is 1. The van der Waals surface area contributed by atoms with Crippen molar-refractivity contribution in [2.45, 2.75) is 32.4 Å². The smallest absolute Gasteiger partial charge is 0.409 e. The fourth-order valence-corrected chi connectivity index (χ4v) is 3.35. The van der Waals surface area contributed by atoms with Crippen LogP contribution in [0.5, 0.6) is 11.5 Å². The van der Waals surface area contributed by atoms with Gasteiger partial charge >= 0.3 is 6.09 Å². The maximum absolute atomic E-state index is 11.8. The largest absolute Gasteiger partial charge is 0.457 e. The third-order valence-corrected chi connectivity index (χ3v) is 4.98. The first-order chi connectivity index (χ1) is 14.7. The second-order valence-electron chi connectivity index (χ2n) is 7.05. The van der Waals surface area contributed by atoms with Crippen molar-refractivity contribution >= 4 is 36.0 Å². The van der Waals surface area contributed by atoms with Crippen LogP contribution in [-0.4, -0.2) is 49.7 Å². The molecule has 7 nitrogen and oxygen atoms in total. The monoisotopic (exact) mass is 538 g/mol. The van der Waals surface area contributed by atoms with Gasteiger partial charge in [0.05, 0.1) is 6.61 Å². The second kappa shape index (κ2) is 13.0. The zero-order valence-corrected chi connectivity index (χ0v) is 20.4. The number of nitrogens with zero attached hydrogens (tertiary/aromatic N) is 2. The number of aliphatic imine (C=N–C) groups is 1. The fraction of sp³-hybridized carbons (Fsp3) is 0.391. The van der Waals surface area contributed by atoms with Crippen molar-refractivity contribution in [2.75, 3.05) is 26.7 Å². The van der Waals surface area contributed by atoms with Crippen LogP contribution in [-0.2, 0) is 11.3 Å². The van der Waals surface area contributed by atoms with Crippen molar-refractivity contribution in [1.82, 2.24) is 15.5 Å². The Balaban J connectivity index is 0.00000341. The van der Waals surface area contributed by atoms with E-state index in [0.29, 0.717) is 26.2 Å². The van der Waals surface area contributed by atoms with E-state index in [1.165, 1.54) is 0 Å². The summed E-state index contributed by atoms with van der Waals surface area (Å²) in [6.07, 6.45) is 1.48. The van der Waals surface area contributed by atoms with Crippen LogP contribution in [0.2, 0.25) is 0 Å². The normalized spacial score (nSPS) is 14.4. The summed E-state index contributed by atoms with van der Waals surface area (Å²) in [5.41, 5.74) is 1.04. The van der Waals surface area contributed by atoms with Gasteiger partial charge in [-0.15, -0.1) is 24.0 Å². The first-order valence-corrected chi connectivity index (χ1v) is 10.4. The second-order valence-corrected chi connectivity index (χ2v) is 7.05. The molecule has 31 heavy (non-hydrogen) atoms. The standard InChI is InChI=1S/C23H30N4O3.HI/c1-3-29-23(28)27-15-13-19(14-16-27)26-22(24-2)25-17-18-9-7-8-12-21(18)30-20-10-5-4-6-11-20;/h4-12,19H,3,13-17H2,1-2H3,(H2,24,25,26);1H. The Hall–Kier alpha value is -2.49. The summed E-state index contributed by atoms with van der Waals surface area (Å²) in [6, 6.07) is 18.0. The molecular formula is C23H31IN4O3. The Labute approximate surface area is 201 Å². The average molecular weight is 538 g/mol. The highest BCUT2D eigenvalue weighted by Crippen LogP contribution is 2.24. The molecule has 0 bridgehead atoms. The summed E-state index contributed by atoms with van der Waals surface area (Å²) in [6.45, 7) is 4.18. The highest BCUT2D eigenvalue weighted by Gasteiger charge is 2.24. The summed E-state index contributed by atoms with van der Waals surface area (Å²) in [4.78, 5) is 17.9. The number of hydrogen-bond acceptors (Lipinski definition) is 4.